The molecule has 0 aliphatic heterocycles. The monoisotopic (exact) mass is 260 g/mol. The molecule has 1 rings (SSSR count). The number of hydrogen-bond donors (Lipinski definition) is 2. The fraction of sp³-hybridized carbons (Fsp3) is 0.417. The van der Waals surface area contributed by atoms with E-state index in [0.717, 1.165) is 0 Å². The van der Waals surface area contributed by atoms with Crippen LogP contribution in [0.2, 0.25) is 0 Å². The smallest absolute Gasteiger partial charge is 0.244 e. The molecular weight excluding hydrogens is 245 g/mol. The standard InChI is InChI=1S/C12H15F3N2O/c1-3-12(16,4-2)11(18)17-10-6-8(14)7(13)5-9(10)15/h5-6H,3-4,16H2,1-2H3,(H,17,18). The molecular formula is C12H15F3N2O. The molecule has 0 atom stereocenters. The fourth-order valence-corrected chi connectivity index (χ4v) is 1.44. The molecule has 0 unspecified atom stereocenters. The van der Waals surface area contributed by atoms with Crippen LogP contribution in [-0.4, -0.2) is 11.4 Å². The van der Waals surface area contributed by atoms with Gasteiger partial charge in [-0.2, -0.15) is 0 Å². The molecule has 18 heavy (non-hydrogen) atoms. The van der Waals surface area contributed by atoms with E-state index in [-0.39, 0.29) is 0 Å². The molecule has 6 heteroatoms. The molecule has 0 aliphatic carbocycles. The van der Waals surface area contributed by atoms with Crippen molar-refractivity contribution in [2.24, 2.45) is 5.73 Å². The summed E-state index contributed by atoms with van der Waals surface area (Å²) in [4.78, 5) is 11.8. The third kappa shape index (κ3) is 2.81. The summed E-state index contributed by atoms with van der Waals surface area (Å²) in [6.45, 7) is 3.43. The largest absolute Gasteiger partial charge is 0.322 e. The molecule has 1 amide bonds. The summed E-state index contributed by atoms with van der Waals surface area (Å²) in [5, 5.41) is 2.18. The van der Waals surface area contributed by atoms with E-state index in [1.54, 1.807) is 13.8 Å². The van der Waals surface area contributed by atoms with E-state index in [0.29, 0.717) is 25.0 Å². The quantitative estimate of drug-likeness (QED) is 0.817. The molecule has 1 aromatic carbocycles. The number of nitrogens with one attached hydrogen (secondary N) is 1. The molecule has 100 valence electrons. The van der Waals surface area contributed by atoms with Crippen LogP contribution in [0.15, 0.2) is 12.1 Å². The predicted octanol–water partition coefficient (Wildman–Crippen LogP) is 2.56. The average molecular weight is 260 g/mol. The Morgan fingerprint density at radius 2 is 1.67 bits per heavy atom. The first kappa shape index (κ1) is 14.5. The van der Waals surface area contributed by atoms with Crippen LogP contribution in [0.4, 0.5) is 18.9 Å². The highest BCUT2D eigenvalue weighted by molar-refractivity contribution is 5.97. The summed E-state index contributed by atoms with van der Waals surface area (Å²) in [5.74, 6) is -4.22. The molecule has 0 spiro atoms. The maximum atomic E-state index is 13.3. The summed E-state index contributed by atoms with van der Waals surface area (Å²) in [7, 11) is 0. The van der Waals surface area contributed by atoms with Crippen LogP contribution in [0.5, 0.6) is 0 Å². The van der Waals surface area contributed by atoms with Crippen molar-refractivity contribution in [2.45, 2.75) is 32.2 Å². The predicted molar refractivity (Wildman–Crippen MR) is 62.4 cm³/mol. The Kier molecular flexibility index (Phi) is 4.34. The number of carbonyl (C=O) groups excluding carboxylic acids is 1. The van der Waals surface area contributed by atoms with Crippen molar-refractivity contribution in [3.8, 4) is 0 Å². The van der Waals surface area contributed by atoms with Gasteiger partial charge < -0.3 is 11.1 Å². The highest BCUT2D eigenvalue weighted by atomic mass is 19.2. The summed E-state index contributed by atoms with van der Waals surface area (Å²) in [6.07, 6.45) is 0.696. The van der Waals surface area contributed by atoms with Gasteiger partial charge in [0.25, 0.3) is 0 Å². The van der Waals surface area contributed by atoms with Gasteiger partial charge in [-0.1, -0.05) is 13.8 Å². The first-order valence-electron chi connectivity index (χ1n) is 5.59. The lowest BCUT2D eigenvalue weighted by atomic mass is 9.93. The molecule has 0 bridgehead atoms. The minimum atomic E-state index is -1.31. The highest BCUT2D eigenvalue weighted by Gasteiger charge is 2.30. The number of rotatable bonds is 4. The zero-order chi connectivity index (χ0) is 13.9. The molecule has 0 radical (unpaired) electrons. The molecule has 0 heterocycles. The van der Waals surface area contributed by atoms with Crippen molar-refractivity contribution in [1.82, 2.24) is 0 Å². The third-order valence-corrected chi connectivity index (χ3v) is 2.97. The van der Waals surface area contributed by atoms with Crippen LogP contribution >= 0.6 is 0 Å². The number of anilines is 1. The maximum absolute atomic E-state index is 13.3. The SMILES string of the molecule is CCC(N)(CC)C(=O)Nc1cc(F)c(F)cc1F. The van der Waals surface area contributed by atoms with Crippen molar-refractivity contribution < 1.29 is 18.0 Å². The molecule has 0 saturated heterocycles. The van der Waals surface area contributed by atoms with Crippen molar-refractivity contribution in [3.63, 3.8) is 0 Å². The van der Waals surface area contributed by atoms with Gasteiger partial charge in [0.1, 0.15) is 5.82 Å². The molecule has 0 saturated carbocycles. The van der Waals surface area contributed by atoms with Crippen molar-refractivity contribution in [2.75, 3.05) is 5.32 Å². The van der Waals surface area contributed by atoms with Gasteiger partial charge in [0, 0.05) is 12.1 Å². The van der Waals surface area contributed by atoms with Crippen LogP contribution in [0.25, 0.3) is 0 Å². The number of nitrogens with two attached hydrogens (primary N) is 1. The van der Waals surface area contributed by atoms with E-state index < -0.39 is 34.6 Å². The van der Waals surface area contributed by atoms with Crippen LogP contribution in [-0.2, 0) is 4.79 Å². The van der Waals surface area contributed by atoms with Crippen molar-refractivity contribution >= 4 is 11.6 Å². The van der Waals surface area contributed by atoms with Crippen LogP contribution in [0.1, 0.15) is 26.7 Å². The zero-order valence-electron chi connectivity index (χ0n) is 10.2. The van der Waals surface area contributed by atoms with Gasteiger partial charge in [0.15, 0.2) is 11.6 Å². The Morgan fingerprint density at radius 3 is 2.17 bits per heavy atom. The lowest BCUT2D eigenvalue weighted by Gasteiger charge is -2.25. The van der Waals surface area contributed by atoms with Crippen LogP contribution in [0, 0.1) is 17.5 Å². The van der Waals surface area contributed by atoms with Crippen LogP contribution < -0.4 is 11.1 Å². The normalized spacial score (nSPS) is 11.4. The van der Waals surface area contributed by atoms with Gasteiger partial charge in [-0.3, -0.25) is 4.79 Å². The Bertz CT molecular complexity index is 459. The van der Waals surface area contributed by atoms with Crippen LogP contribution in [0.3, 0.4) is 0 Å². The van der Waals surface area contributed by atoms with Crippen molar-refractivity contribution in [1.29, 1.82) is 0 Å². The molecule has 0 fully saturated rings. The Balaban J connectivity index is 2.98. The van der Waals surface area contributed by atoms with Gasteiger partial charge >= 0.3 is 0 Å². The number of hydrogen-bond acceptors (Lipinski definition) is 2. The first-order valence-corrected chi connectivity index (χ1v) is 5.59. The first-order chi connectivity index (χ1) is 8.34. The lowest BCUT2D eigenvalue weighted by molar-refractivity contribution is -0.121. The lowest BCUT2D eigenvalue weighted by Crippen LogP contribution is -2.50. The Morgan fingerprint density at radius 1 is 1.17 bits per heavy atom. The summed E-state index contributed by atoms with van der Waals surface area (Å²) < 4.78 is 39.0. The highest BCUT2D eigenvalue weighted by Crippen LogP contribution is 2.21. The zero-order valence-corrected chi connectivity index (χ0v) is 10.2. The molecule has 0 aliphatic rings. The summed E-state index contributed by atoms with van der Waals surface area (Å²) >= 11 is 0. The fourth-order valence-electron chi connectivity index (χ4n) is 1.44. The Hall–Kier alpha value is -1.56. The molecule has 1 aromatic rings. The van der Waals surface area contributed by atoms with Gasteiger partial charge in [-0.05, 0) is 12.8 Å². The second-order valence-electron chi connectivity index (χ2n) is 4.06. The second-order valence-corrected chi connectivity index (χ2v) is 4.06. The van der Waals surface area contributed by atoms with Gasteiger partial charge in [0.2, 0.25) is 5.91 Å². The molecule has 0 aromatic heterocycles. The van der Waals surface area contributed by atoms with E-state index in [4.69, 9.17) is 5.73 Å². The van der Waals surface area contributed by atoms with Gasteiger partial charge in [-0.25, -0.2) is 13.2 Å². The summed E-state index contributed by atoms with van der Waals surface area (Å²) in [5.41, 5.74) is 4.23. The van der Waals surface area contributed by atoms with E-state index in [1.807, 2.05) is 0 Å². The number of benzene rings is 1. The third-order valence-electron chi connectivity index (χ3n) is 2.97. The van der Waals surface area contributed by atoms with Crippen molar-refractivity contribution in [3.05, 3.63) is 29.6 Å². The number of amides is 1. The maximum Gasteiger partial charge on any atom is 0.244 e. The average Bonchev–Trinajstić information content (AvgIpc) is 2.34. The molecule has 3 N–H and O–H groups in total. The minimum Gasteiger partial charge on any atom is -0.322 e. The number of carbonyl (C=O) groups is 1. The number of halogens is 3. The van der Waals surface area contributed by atoms with E-state index in [1.165, 1.54) is 0 Å². The van der Waals surface area contributed by atoms with Gasteiger partial charge in [0.05, 0.1) is 11.2 Å². The molecule has 3 nitrogen and oxygen atoms in total. The minimum absolute atomic E-state index is 0.348. The van der Waals surface area contributed by atoms with Gasteiger partial charge in [-0.15, -0.1) is 0 Å². The second kappa shape index (κ2) is 5.39. The topological polar surface area (TPSA) is 55.1 Å². The van der Waals surface area contributed by atoms with E-state index >= 15 is 0 Å². The Labute approximate surface area is 103 Å². The van der Waals surface area contributed by atoms with E-state index in [2.05, 4.69) is 5.32 Å². The van der Waals surface area contributed by atoms with E-state index in [9.17, 15) is 18.0 Å². The summed E-state index contributed by atoms with van der Waals surface area (Å²) in [6, 6.07) is 0.968.